The highest BCUT2D eigenvalue weighted by molar-refractivity contribution is 5.84. The molecule has 0 fully saturated rings. The van der Waals surface area contributed by atoms with Crippen LogP contribution in [0.15, 0.2) is 11.6 Å². The molecule has 0 aromatic carbocycles. The first kappa shape index (κ1) is 18.6. The van der Waals surface area contributed by atoms with E-state index in [1.807, 2.05) is 0 Å². The maximum Gasteiger partial charge on any atom is 0.393 e. The van der Waals surface area contributed by atoms with Crippen LogP contribution in [0.3, 0.4) is 0 Å². The van der Waals surface area contributed by atoms with Crippen LogP contribution in [0, 0.1) is 0 Å². The molecule has 0 amide bonds. The van der Waals surface area contributed by atoms with Crippen LogP contribution in [0.5, 0.6) is 0 Å². The lowest BCUT2D eigenvalue weighted by atomic mass is 10.1. The van der Waals surface area contributed by atoms with Gasteiger partial charge in [0, 0.05) is 6.47 Å². The summed E-state index contributed by atoms with van der Waals surface area (Å²) >= 11 is 0. The van der Waals surface area contributed by atoms with Gasteiger partial charge in [0.25, 0.3) is 0 Å². The number of hydrogen-bond acceptors (Lipinski definition) is 4. The maximum absolute atomic E-state index is 11.7. The SMILES string of the molecule is O=C([O-])/C(=C/CC(F)(F)F)CC(F)(F)F.O=C[O-]. The minimum absolute atomic E-state index is 0.0389. The molecular formula is C8H6F6O4-2. The van der Waals surface area contributed by atoms with E-state index < -0.39 is 43.2 Å². The number of halogens is 6. The number of carboxylic acids is 1. The summed E-state index contributed by atoms with van der Waals surface area (Å²) in [6.45, 7) is -0.500. The van der Waals surface area contributed by atoms with Crippen LogP contribution < -0.4 is 10.2 Å². The van der Waals surface area contributed by atoms with E-state index >= 15 is 0 Å². The Morgan fingerprint density at radius 3 is 1.67 bits per heavy atom. The first-order valence-electron chi connectivity index (χ1n) is 4.02. The summed E-state index contributed by atoms with van der Waals surface area (Å²) in [6.07, 6.45) is -13.3. The highest BCUT2D eigenvalue weighted by Crippen LogP contribution is 2.27. The molecule has 0 saturated carbocycles. The zero-order valence-corrected chi connectivity index (χ0v) is 8.47. The number of hydrogen-bond donors (Lipinski definition) is 0. The third kappa shape index (κ3) is 14.3. The minimum Gasteiger partial charge on any atom is -0.554 e. The number of rotatable bonds is 3. The molecule has 0 aliphatic carbocycles. The van der Waals surface area contributed by atoms with Gasteiger partial charge in [0.15, 0.2) is 0 Å². The summed E-state index contributed by atoms with van der Waals surface area (Å²) < 4.78 is 69.7. The third-order valence-electron chi connectivity index (χ3n) is 1.23. The normalized spacial score (nSPS) is 12.4. The third-order valence-corrected chi connectivity index (χ3v) is 1.23. The number of carbonyl (C=O) groups is 2. The molecule has 0 spiro atoms. The summed E-state index contributed by atoms with van der Waals surface area (Å²) in [7, 11) is 0. The van der Waals surface area contributed by atoms with Gasteiger partial charge >= 0.3 is 12.4 Å². The Labute approximate surface area is 96.5 Å². The van der Waals surface area contributed by atoms with Crippen molar-refractivity contribution in [2.45, 2.75) is 25.2 Å². The fraction of sp³-hybridized carbons (Fsp3) is 0.500. The van der Waals surface area contributed by atoms with Gasteiger partial charge in [-0.3, -0.25) is 0 Å². The van der Waals surface area contributed by atoms with Crippen LogP contribution in [0.4, 0.5) is 26.3 Å². The molecule has 0 rings (SSSR count). The monoisotopic (exact) mass is 280 g/mol. The minimum atomic E-state index is -4.88. The van der Waals surface area contributed by atoms with E-state index in [9.17, 15) is 36.2 Å². The first-order chi connectivity index (χ1) is 7.93. The molecule has 0 aliphatic rings. The van der Waals surface area contributed by atoms with Crippen LogP contribution in [0.2, 0.25) is 0 Å². The average molecular weight is 280 g/mol. The standard InChI is InChI=1S/C7H6F6O2.CH2O2/c8-6(9,10)2-1-4(5(14)15)3-7(11,12)13;2-1-3/h1H,2-3H2,(H,14,15);1H,(H,2,3)/p-2/b4-1+;. The van der Waals surface area contributed by atoms with Crippen LogP contribution in [-0.2, 0) is 9.59 Å². The molecule has 18 heavy (non-hydrogen) atoms. The zero-order chi connectivity index (χ0) is 15.0. The van der Waals surface area contributed by atoms with Gasteiger partial charge in [0.2, 0.25) is 0 Å². The van der Waals surface area contributed by atoms with Gasteiger partial charge in [-0.2, -0.15) is 26.3 Å². The summed E-state index contributed by atoms with van der Waals surface area (Å²) in [6, 6.07) is 0. The Hall–Kier alpha value is -1.74. The largest absolute Gasteiger partial charge is 0.554 e. The van der Waals surface area contributed by atoms with Crippen molar-refractivity contribution in [2.24, 2.45) is 0 Å². The number of carbonyl (C=O) groups excluding carboxylic acids is 2. The number of allylic oxidation sites excluding steroid dienone is 1. The molecule has 106 valence electrons. The Morgan fingerprint density at radius 1 is 1.06 bits per heavy atom. The lowest BCUT2D eigenvalue weighted by Gasteiger charge is -2.12. The molecule has 0 heterocycles. The number of aliphatic carboxylic acids is 1. The summed E-state index contributed by atoms with van der Waals surface area (Å²) in [4.78, 5) is 18.3. The molecule has 0 atom stereocenters. The molecule has 0 aromatic heterocycles. The second kappa shape index (κ2) is 7.56. The van der Waals surface area contributed by atoms with Crippen molar-refractivity contribution in [2.75, 3.05) is 0 Å². The summed E-state index contributed by atoms with van der Waals surface area (Å²) in [5.41, 5.74) is -1.42. The fourth-order valence-electron chi connectivity index (χ4n) is 0.683. The molecule has 0 aliphatic heterocycles. The number of alkyl halides is 6. The Bertz CT molecular complexity index is 304. The Morgan fingerprint density at radius 2 is 1.44 bits per heavy atom. The van der Waals surface area contributed by atoms with Crippen LogP contribution in [0.1, 0.15) is 12.8 Å². The number of carboxylic acid groups (broad SMARTS) is 2. The molecule has 0 radical (unpaired) electrons. The topological polar surface area (TPSA) is 80.3 Å². The van der Waals surface area contributed by atoms with E-state index in [1.165, 1.54) is 0 Å². The second-order valence-corrected chi connectivity index (χ2v) is 2.72. The van der Waals surface area contributed by atoms with Gasteiger partial charge in [0.05, 0.1) is 18.8 Å². The highest BCUT2D eigenvalue weighted by atomic mass is 19.4. The molecule has 0 aromatic rings. The second-order valence-electron chi connectivity index (χ2n) is 2.72. The fourth-order valence-corrected chi connectivity index (χ4v) is 0.683. The van der Waals surface area contributed by atoms with Crippen LogP contribution in [-0.4, -0.2) is 24.8 Å². The van der Waals surface area contributed by atoms with E-state index in [0.717, 1.165) is 0 Å². The van der Waals surface area contributed by atoms with E-state index in [2.05, 4.69) is 0 Å². The van der Waals surface area contributed by atoms with Crippen molar-refractivity contribution in [3.8, 4) is 0 Å². The molecule has 0 bridgehead atoms. The molecule has 0 N–H and O–H groups in total. The smallest absolute Gasteiger partial charge is 0.393 e. The molecular weight excluding hydrogens is 274 g/mol. The Kier molecular flexibility index (Phi) is 7.82. The van der Waals surface area contributed by atoms with Gasteiger partial charge in [-0.25, -0.2) is 0 Å². The van der Waals surface area contributed by atoms with Crippen molar-refractivity contribution in [3.05, 3.63) is 11.6 Å². The van der Waals surface area contributed by atoms with Crippen molar-refractivity contribution in [1.29, 1.82) is 0 Å². The lowest BCUT2D eigenvalue weighted by molar-refractivity contribution is -0.300. The molecule has 0 unspecified atom stereocenters. The van der Waals surface area contributed by atoms with E-state index in [0.29, 0.717) is 0 Å². The van der Waals surface area contributed by atoms with Crippen molar-refractivity contribution >= 4 is 12.4 Å². The van der Waals surface area contributed by atoms with Gasteiger partial charge in [-0.05, 0) is 5.57 Å². The van der Waals surface area contributed by atoms with Crippen molar-refractivity contribution in [3.63, 3.8) is 0 Å². The van der Waals surface area contributed by atoms with E-state index in [-0.39, 0.29) is 6.08 Å². The van der Waals surface area contributed by atoms with Gasteiger partial charge in [0.1, 0.15) is 0 Å². The van der Waals surface area contributed by atoms with Crippen molar-refractivity contribution in [1.82, 2.24) is 0 Å². The average Bonchev–Trinajstić information content (AvgIpc) is 2.10. The highest BCUT2D eigenvalue weighted by Gasteiger charge is 2.31. The summed E-state index contributed by atoms with van der Waals surface area (Å²) in [5.74, 6) is -2.25. The molecule has 0 saturated heterocycles. The first-order valence-corrected chi connectivity index (χ1v) is 4.02. The zero-order valence-electron chi connectivity index (χ0n) is 8.47. The van der Waals surface area contributed by atoms with E-state index in [4.69, 9.17) is 9.90 Å². The van der Waals surface area contributed by atoms with Gasteiger partial charge in [-0.15, -0.1) is 0 Å². The van der Waals surface area contributed by atoms with Gasteiger partial charge < -0.3 is 19.8 Å². The molecule has 10 heteroatoms. The van der Waals surface area contributed by atoms with Crippen LogP contribution in [0.25, 0.3) is 0 Å². The Balaban J connectivity index is 0. The predicted octanol–water partition coefficient (Wildman–Crippen LogP) is -0.0664. The van der Waals surface area contributed by atoms with Crippen molar-refractivity contribution < 1.29 is 46.1 Å². The quantitative estimate of drug-likeness (QED) is 0.412. The predicted molar refractivity (Wildman–Crippen MR) is 40.5 cm³/mol. The van der Waals surface area contributed by atoms with Gasteiger partial charge in [-0.1, -0.05) is 6.08 Å². The molecule has 4 nitrogen and oxygen atoms in total. The van der Waals surface area contributed by atoms with E-state index in [1.54, 1.807) is 0 Å². The van der Waals surface area contributed by atoms with Crippen LogP contribution >= 0.6 is 0 Å². The lowest BCUT2D eigenvalue weighted by Crippen LogP contribution is -2.27. The summed E-state index contributed by atoms with van der Waals surface area (Å²) in [5, 5.41) is 18.3. The maximum atomic E-state index is 11.7.